The molecule has 2 aromatic carbocycles. The molecule has 2 bridgehead atoms. The SMILES string of the molecule is CC(=O)OC12c3ccccc3C(c3ccccc31)[C@@H]1C(=O)N(N=C(C)C)C(=O)[C@H]12. The number of amides is 2. The quantitative estimate of drug-likeness (QED) is 0.450. The molecule has 0 aromatic heterocycles. The number of ether oxygens (including phenoxy) is 1. The van der Waals surface area contributed by atoms with Crippen LogP contribution in [0.5, 0.6) is 0 Å². The molecule has 6 rings (SSSR count). The smallest absolute Gasteiger partial charge is 0.303 e. The summed E-state index contributed by atoms with van der Waals surface area (Å²) in [6.45, 7) is 4.81. The molecule has 146 valence electrons. The molecular formula is C23H20N2O4. The fraction of sp³-hybridized carbons (Fsp3) is 0.304. The maximum Gasteiger partial charge on any atom is 0.303 e. The van der Waals surface area contributed by atoms with E-state index in [-0.39, 0.29) is 11.8 Å². The Balaban J connectivity index is 1.87. The van der Waals surface area contributed by atoms with E-state index in [0.717, 1.165) is 27.3 Å². The Bertz CT molecular complexity index is 1070. The summed E-state index contributed by atoms with van der Waals surface area (Å²) in [5.41, 5.74) is 2.68. The Morgan fingerprint density at radius 3 is 2.00 bits per heavy atom. The van der Waals surface area contributed by atoms with Crippen molar-refractivity contribution in [2.75, 3.05) is 0 Å². The number of nitrogens with zero attached hydrogens (tertiary/aromatic N) is 2. The van der Waals surface area contributed by atoms with Gasteiger partial charge in [0, 0.05) is 29.7 Å². The van der Waals surface area contributed by atoms with Gasteiger partial charge in [0.05, 0.1) is 5.92 Å². The average molecular weight is 388 g/mol. The van der Waals surface area contributed by atoms with Crippen LogP contribution in [0.25, 0.3) is 0 Å². The summed E-state index contributed by atoms with van der Waals surface area (Å²) in [5.74, 6) is -3.03. The third-order valence-corrected chi connectivity index (χ3v) is 6.12. The summed E-state index contributed by atoms with van der Waals surface area (Å²) < 4.78 is 6.02. The van der Waals surface area contributed by atoms with Crippen LogP contribution in [-0.2, 0) is 24.7 Å². The van der Waals surface area contributed by atoms with Crippen LogP contribution in [0.4, 0.5) is 0 Å². The second-order valence-corrected chi connectivity index (χ2v) is 8.02. The molecule has 3 aliphatic carbocycles. The predicted octanol–water partition coefficient (Wildman–Crippen LogP) is 2.95. The Hall–Kier alpha value is -3.28. The highest BCUT2D eigenvalue weighted by atomic mass is 16.6. The highest BCUT2D eigenvalue weighted by molar-refractivity contribution is 6.08. The molecule has 0 saturated carbocycles. The average Bonchev–Trinajstić information content (AvgIpc) is 2.94. The number of hydrogen-bond donors (Lipinski definition) is 0. The molecule has 1 fully saturated rings. The highest BCUT2D eigenvalue weighted by Gasteiger charge is 2.70. The molecule has 6 heteroatoms. The first-order chi connectivity index (χ1) is 13.9. The van der Waals surface area contributed by atoms with Crippen LogP contribution in [0.3, 0.4) is 0 Å². The van der Waals surface area contributed by atoms with E-state index in [2.05, 4.69) is 5.10 Å². The number of rotatable bonds is 2. The summed E-state index contributed by atoms with van der Waals surface area (Å²) in [5, 5.41) is 5.19. The van der Waals surface area contributed by atoms with Crippen molar-refractivity contribution in [3.8, 4) is 0 Å². The van der Waals surface area contributed by atoms with E-state index in [1.54, 1.807) is 13.8 Å². The molecule has 29 heavy (non-hydrogen) atoms. The van der Waals surface area contributed by atoms with Gasteiger partial charge >= 0.3 is 5.97 Å². The van der Waals surface area contributed by atoms with E-state index in [1.807, 2.05) is 48.5 Å². The van der Waals surface area contributed by atoms with E-state index < -0.39 is 29.3 Å². The van der Waals surface area contributed by atoms with Crippen molar-refractivity contribution in [1.82, 2.24) is 5.01 Å². The Labute approximate surface area is 168 Å². The molecule has 1 saturated heterocycles. The van der Waals surface area contributed by atoms with Gasteiger partial charge in [0.1, 0.15) is 5.92 Å². The maximum atomic E-state index is 13.5. The predicted molar refractivity (Wildman–Crippen MR) is 105 cm³/mol. The van der Waals surface area contributed by atoms with Crippen LogP contribution in [0.2, 0.25) is 0 Å². The lowest BCUT2D eigenvalue weighted by Gasteiger charge is -2.52. The topological polar surface area (TPSA) is 76.0 Å². The number of imide groups is 1. The molecule has 6 nitrogen and oxygen atoms in total. The number of benzene rings is 2. The minimum atomic E-state index is -1.34. The molecule has 0 unspecified atom stereocenters. The molecule has 2 amide bonds. The number of hydrogen-bond acceptors (Lipinski definition) is 5. The normalized spacial score (nSPS) is 28.5. The Kier molecular flexibility index (Phi) is 3.60. The first-order valence-electron chi connectivity index (χ1n) is 9.66. The van der Waals surface area contributed by atoms with Gasteiger partial charge in [-0.1, -0.05) is 48.5 Å². The summed E-state index contributed by atoms with van der Waals surface area (Å²) in [7, 11) is 0. The van der Waals surface area contributed by atoms with Crippen molar-refractivity contribution in [3.63, 3.8) is 0 Å². The van der Waals surface area contributed by atoms with E-state index in [1.165, 1.54) is 6.92 Å². The van der Waals surface area contributed by atoms with Crippen LogP contribution >= 0.6 is 0 Å². The van der Waals surface area contributed by atoms with Crippen LogP contribution in [0.1, 0.15) is 48.9 Å². The minimum Gasteiger partial charge on any atom is -0.448 e. The second-order valence-electron chi connectivity index (χ2n) is 8.02. The molecule has 1 aliphatic heterocycles. The number of carbonyl (C=O) groups is 3. The van der Waals surface area contributed by atoms with Gasteiger partial charge in [0.2, 0.25) is 0 Å². The Morgan fingerprint density at radius 2 is 1.48 bits per heavy atom. The molecule has 0 radical (unpaired) electrons. The van der Waals surface area contributed by atoms with Gasteiger partial charge in [-0.25, -0.2) is 0 Å². The molecule has 1 heterocycles. The zero-order valence-corrected chi connectivity index (χ0v) is 16.4. The molecule has 4 aliphatic rings. The van der Waals surface area contributed by atoms with Crippen LogP contribution < -0.4 is 0 Å². The lowest BCUT2D eigenvalue weighted by atomic mass is 9.52. The summed E-state index contributed by atoms with van der Waals surface area (Å²) in [6.07, 6.45) is 0. The number of esters is 1. The van der Waals surface area contributed by atoms with Crippen molar-refractivity contribution >= 4 is 23.5 Å². The van der Waals surface area contributed by atoms with E-state index in [9.17, 15) is 14.4 Å². The molecule has 0 spiro atoms. The lowest BCUT2D eigenvalue weighted by molar-refractivity contribution is -0.167. The van der Waals surface area contributed by atoms with Crippen molar-refractivity contribution in [2.45, 2.75) is 32.3 Å². The zero-order valence-electron chi connectivity index (χ0n) is 16.4. The monoisotopic (exact) mass is 388 g/mol. The van der Waals surface area contributed by atoms with Crippen molar-refractivity contribution in [1.29, 1.82) is 0 Å². The first kappa shape index (κ1) is 17.8. The van der Waals surface area contributed by atoms with Crippen molar-refractivity contribution in [2.24, 2.45) is 16.9 Å². The van der Waals surface area contributed by atoms with Crippen molar-refractivity contribution in [3.05, 3.63) is 70.8 Å². The lowest BCUT2D eigenvalue weighted by Crippen LogP contribution is -2.55. The summed E-state index contributed by atoms with van der Waals surface area (Å²) >= 11 is 0. The van der Waals surface area contributed by atoms with Gasteiger partial charge in [-0.15, -0.1) is 0 Å². The standard InChI is InChI=1S/C23H20N2O4/c1-12(2)24-25-21(27)19-18-14-8-4-6-10-16(14)23(29-13(3)26,20(19)22(25)28)17-11-7-5-9-15(17)18/h4-11,18-20H,1-3H3/t18?,19-,20-,23?/m0/s1. The molecular weight excluding hydrogens is 368 g/mol. The molecule has 0 N–H and O–H groups in total. The molecule has 2 atom stereocenters. The Morgan fingerprint density at radius 1 is 0.931 bits per heavy atom. The minimum absolute atomic E-state index is 0.279. The second kappa shape index (κ2) is 5.86. The highest BCUT2D eigenvalue weighted by Crippen LogP contribution is 2.64. The van der Waals surface area contributed by atoms with Gasteiger partial charge in [-0.2, -0.15) is 10.1 Å². The van der Waals surface area contributed by atoms with Gasteiger partial charge in [0.25, 0.3) is 11.8 Å². The van der Waals surface area contributed by atoms with Gasteiger partial charge < -0.3 is 4.74 Å². The van der Waals surface area contributed by atoms with Crippen molar-refractivity contribution < 1.29 is 19.1 Å². The van der Waals surface area contributed by atoms with Crippen LogP contribution in [-0.4, -0.2) is 28.5 Å². The van der Waals surface area contributed by atoms with Gasteiger partial charge in [0.15, 0.2) is 5.60 Å². The van der Waals surface area contributed by atoms with E-state index in [4.69, 9.17) is 4.74 Å². The van der Waals surface area contributed by atoms with E-state index >= 15 is 0 Å². The third-order valence-electron chi connectivity index (χ3n) is 6.12. The van der Waals surface area contributed by atoms with Gasteiger partial charge in [-0.3, -0.25) is 14.4 Å². The molecule has 2 aromatic rings. The first-order valence-corrected chi connectivity index (χ1v) is 9.66. The largest absolute Gasteiger partial charge is 0.448 e. The maximum absolute atomic E-state index is 13.5. The van der Waals surface area contributed by atoms with Gasteiger partial charge in [-0.05, 0) is 25.0 Å². The van der Waals surface area contributed by atoms with Crippen LogP contribution in [0.15, 0.2) is 53.6 Å². The number of carbonyl (C=O) groups excluding carboxylic acids is 3. The fourth-order valence-electron chi connectivity index (χ4n) is 5.39. The van der Waals surface area contributed by atoms with Crippen LogP contribution in [0, 0.1) is 11.8 Å². The number of hydrazone groups is 1. The fourth-order valence-corrected chi connectivity index (χ4v) is 5.39. The van der Waals surface area contributed by atoms with E-state index in [0.29, 0.717) is 5.71 Å². The zero-order chi connectivity index (χ0) is 20.5. The summed E-state index contributed by atoms with van der Waals surface area (Å²) in [4.78, 5) is 39.2. The summed E-state index contributed by atoms with van der Waals surface area (Å²) in [6, 6.07) is 15.3. The third kappa shape index (κ3) is 2.11.